The van der Waals surface area contributed by atoms with Gasteiger partial charge in [0.15, 0.2) is 12.2 Å². The minimum atomic E-state index is -5.00. The largest absolute Gasteiger partial charge is 0.472 e. The predicted molar refractivity (Wildman–Crippen MR) is 408 cm³/mol. The van der Waals surface area contributed by atoms with Gasteiger partial charge in [0.1, 0.15) is 19.3 Å². The van der Waals surface area contributed by atoms with E-state index in [1.807, 2.05) is 18.2 Å². The summed E-state index contributed by atoms with van der Waals surface area (Å²) in [7, 11) is -9.99. The Morgan fingerprint density at radius 2 is 0.550 bits per heavy atom. The van der Waals surface area contributed by atoms with Crippen LogP contribution < -0.4 is 0 Å². The number of unbranched alkanes of at least 4 members (excludes halogenated alkanes) is 20. The summed E-state index contributed by atoms with van der Waals surface area (Å²) in [5.74, 6) is -2.32. The van der Waals surface area contributed by atoms with Gasteiger partial charge in [0, 0.05) is 25.7 Å². The van der Waals surface area contributed by atoms with Gasteiger partial charge >= 0.3 is 39.5 Å². The van der Waals surface area contributed by atoms with Crippen LogP contribution >= 0.6 is 15.6 Å². The van der Waals surface area contributed by atoms with Crippen LogP contribution in [0.1, 0.15) is 285 Å². The number of carbonyl (C=O) groups excluding carboxylic acids is 4. The molecule has 0 fully saturated rings. The van der Waals surface area contributed by atoms with E-state index in [1.165, 1.54) is 32.1 Å². The smallest absolute Gasteiger partial charge is 0.462 e. The van der Waals surface area contributed by atoms with E-state index in [2.05, 4.69) is 155 Å². The normalized spacial score (nSPS) is 14.8. The third-order valence-electron chi connectivity index (χ3n) is 15.3. The Morgan fingerprint density at radius 3 is 0.900 bits per heavy atom. The van der Waals surface area contributed by atoms with Crippen LogP contribution in [0.15, 0.2) is 146 Å². The van der Waals surface area contributed by atoms with Crippen LogP contribution in [0.2, 0.25) is 0 Å². The molecule has 0 aliphatic rings. The third kappa shape index (κ3) is 71.3. The van der Waals surface area contributed by atoms with Crippen molar-refractivity contribution < 1.29 is 80.2 Å². The zero-order valence-corrected chi connectivity index (χ0v) is 63.9. The van der Waals surface area contributed by atoms with Crippen molar-refractivity contribution in [2.24, 2.45) is 0 Å². The van der Waals surface area contributed by atoms with Crippen LogP contribution in [0.5, 0.6) is 0 Å². The van der Waals surface area contributed by atoms with E-state index < -0.39 is 97.5 Å². The van der Waals surface area contributed by atoms with Crippen LogP contribution in [-0.2, 0) is 65.4 Å². The summed E-state index contributed by atoms with van der Waals surface area (Å²) >= 11 is 0. The van der Waals surface area contributed by atoms with Gasteiger partial charge in [0.25, 0.3) is 0 Å². The standard InChI is InChI=1S/C81H134O17P2/c1-5-9-13-17-21-25-29-32-35-36-37-38-41-43-47-50-54-58-62-66-79(84)92-72-77(98-81(86)68-64-60-56-52-48-44-40-34-31-27-23-19-15-11-7-3)74-96-100(89,90)94-70-75(82)69-93-99(87,88)95-73-76(97-80(85)67-63-59-55-51-45-28-24-20-16-12-8-4)71-91-78(83)65-61-57-53-49-46-42-39-33-30-26-22-18-14-10-6-2/h9-10,13-14,20-27,32-35,37-40,43,47,54,58,75-77,82H,5-8,11-12,15-19,28-31,36,41-42,44-46,48-53,55-57,59-74H2,1-4H3,(H,87,88)(H,89,90)/b13-9-,14-10-,24-20-,25-21-,26-22-,27-23-,35-32-,38-37-,39-33-,40-34-,47-43-,58-54-. The van der Waals surface area contributed by atoms with Gasteiger partial charge in [0.2, 0.25) is 0 Å². The number of phosphoric acid groups is 2. The van der Waals surface area contributed by atoms with E-state index in [-0.39, 0.29) is 25.7 Å². The van der Waals surface area contributed by atoms with Gasteiger partial charge in [-0.2, -0.15) is 0 Å². The quantitative estimate of drug-likeness (QED) is 0.0169. The molecule has 19 heteroatoms. The molecule has 0 spiro atoms. The van der Waals surface area contributed by atoms with E-state index in [0.717, 1.165) is 167 Å². The van der Waals surface area contributed by atoms with Crippen molar-refractivity contribution in [1.29, 1.82) is 0 Å². The zero-order valence-electron chi connectivity index (χ0n) is 62.1. The molecule has 0 aliphatic heterocycles. The minimum absolute atomic E-state index is 0.0290. The molecule has 0 radical (unpaired) electrons. The Kier molecular flexibility index (Phi) is 68.6. The monoisotopic (exact) mass is 1440 g/mol. The molecule has 570 valence electrons. The lowest BCUT2D eigenvalue weighted by Gasteiger charge is -2.21. The Bertz CT molecular complexity index is 2470. The van der Waals surface area contributed by atoms with Crippen LogP contribution in [-0.4, -0.2) is 96.7 Å². The molecule has 0 aromatic rings. The van der Waals surface area contributed by atoms with Gasteiger partial charge in [-0.05, 0) is 148 Å². The molecule has 17 nitrogen and oxygen atoms in total. The summed E-state index contributed by atoms with van der Waals surface area (Å²) in [4.78, 5) is 72.8. The van der Waals surface area contributed by atoms with Gasteiger partial charge in [0.05, 0.1) is 26.4 Å². The first kappa shape index (κ1) is 94.9. The molecule has 0 aromatic heterocycles. The second-order valence-electron chi connectivity index (χ2n) is 24.8. The maximum atomic E-state index is 13.1. The number of rotatable bonds is 70. The van der Waals surface area contributed by atoms with Crippen LogP contribution in [0.4, 0.5) is 0 Å². The second kappa shape index (κ2) is 72.3. The molecule has 0 heterocycles. The summed E-state index contributed by atoms with van der Waals surface area (Å²) in [6, 6.07) is 0. The molecule has 0 bridgehead atoms. The highest BCUT2D eigenvalue weighted by Gasteiger charge is 2.30. The van der Waals surface area contributed by atoms with Crippen LogP contribution in [0, 0.1) is 0 Å². The SMILES string of the molecule is CC/C=C\C/C=C\C/C=C\C/C=C\C/C=C\C/C=C\CCC(=O)OCC(COP(=O)(O)OCC(O)COP(=O)(O)OCC(COC(=O)CCCCCCC/C=C\C/C=C\C/C=C\CC)OC(=O)CCCCCCC/C=C\CCCC)OC(=O)CCCCCCC/C=C\C/C=C\CCCCC. The van der Waals surface area contributed by atoms with E-state index in [9.17, 15) is 43.2 Å². The maximum Gasteiger partial charge on any atom is 0.472 e. The minimum Gasteiger partial charge on any atom is -0.462 e. The summed E-state index contributed by atoms with van der Waals surface area (Å²) < 4.78 is 68.3. The lowest BCUT2D eigenvalue weighted by Crippen LogP contribution is -2.30. The Balaban J connectivity index is 5.43. The van der Waals surface area contributed by atoms with Crippen molar-refractivity contribution >= 4 is 39.5 Å². The van der Waals surface area contributed by atoms with E-state index >= 15 is 0 Å². The third-order valence-corrected chi connectivity index (χ3v) is 17.2. The summed E-state index contributed by atoms with van der Waals surface area (Å²) in [5.41, 5.74) is 0. The molecule has 5 atom stereocenters. The van der Waals surface area contributed by atoms with Gasteiger partial charge in [-0.3, -0.25) is 37.3 Å². The Labute approximate surface area is 605 Å². The number of carbonyl (C=O) groups is 4. The molecule has 0 rings (SSSR count). The van der Waals surface area contributed by atoms with Crippen LogP contribution in [0.25, 0.3) is 0 Å². The first-order valence-electron chi connectivity index (χ1n) is 38.1. The van der Waals surface area contributed by atoms with Crippen molar-refractivity contribution in [1.82, 2.24) is 0 Å². The van der Waals surface area contributed by atoms with Crippen molar-refractivity contribution in [2.45, 2.75) is 303 Å². The van der Waals surface area contributed by atoms with E-state index in [0.29, 0.717) is 32.1 Å². The number of allylic oxidation sites excluding steroid dienone is 24. The Hall–Kier alpha value is -5.06. The highest BCUT2D eigenvalue weighted by atomic mass is 31.2. The van der Waals surface area contributed by atoms with Crippen molar-refractivity contribution in [3.8, 4) is 0 Å². The number of hydrogen-bond acceptors (Lipinski definition) is 15. The fraction of sp³-hybridized carbons (Fsp3) is 0.654. The zero-order chi connectivity index (χ0) is 73.2. The molecular weight excluding hydrogens is 1310 g/mol. The average Bonchev–Trinajstić information content (AvgIpc) is 0.985. The van der Waals surface area contributed by atoms with Gasteiger partial charge < -0.3 is 33.8 Å². The number of esters is 4. The highest BCUT2D eigenvalue weighted by Crippen LogP contribution is 2.45. The lowest BCUT2D eigenvalue weighted by molar-refractivity contribution is -0.161. The molecule has 0 amide bonds. The lowest BCUT2D eigenvalue weighted by atomic mass is 10.1. The van der Waals surface area contributed by atoms with Crippen LogP contribution in [0.3, 0.4) is 0 Å². The Morgan fingerprint density at radius 1 is 0.290 bits per heavy atom. The van der Waals surface area contributed by atoms with Gasteiger partial charge in [-0.1, -0.05) is 257 Å². The van der Waals surface area contributed by atoms with Gasteiger partial charge in [-0.25, -0.2) is 9.13 Å². The summed E-state index contributed by atoms with van der Waals surface area (Å²) in [6.45, 7) is 4.43. The molecule has 0 saturated carbocycles. The van der Waals surface area contributed by atoms with Gasteiger partial charge in [-0.15, -0.1) is 0 Å². The molecule has 0 saturated heterocycles. The molecule has 5 unspecified atom stereocenters. The first-order chi connectivity index (χ1) is 48.7. The molecular formula is C81H134O17P2. The maximum absolute atomic E-state index is 13.1. The number of aliphatic hydroxyl groups is 1. The fourth-order valence-corrected chi connectivity index (χ4v) is 11.1. The number of phosphoric ester groups is 2. The average molecular weight is 1440 g/mol. The second-order valence-corrected chi connectivity index (χ2v) is 27.7. The van der Waals surface area contributed by atoms with Crippen molar-refractivity contribution in [2.75, 3.05) is 39.6 Å². The number of hydrogen-bond donors (Lipinski definition) is 3. The molecule has 0 aliphatic carbocycles. The number of aliphatic hydroxyl groups excluding tert-OH is 1. The summed E-state index contributed by atoms with van der Waals surface area (Å²) in [6.07, 6.45) is 81.4. The predicted octanol–water partition coefficient (Wildman–Crippen LogP) is 21.9. The highest BCUT2D eigenvalue weighted by molar-refractivity contribution is 7.47. The van der Waals surface area contributed by atoms with E-state index in [4.69, 9.17) is 37.0 Å². The molecule has 3 N–H and O–H groups in total. The van der Waals surface area contributed by atoms with E-state index in [1.54, 1.807) is 0 Å². The van der Waals surface area contributed by atoms with Crippen molar-refractivity contribution in [3.05, 3.63) is 146 Å². The molecule has 100 heavy (non-hydrogen) atoms. The van der Waals surface area contributed by atoms with Crippen molar-refractivity contribution in [3.63, 3.8) is 0 Å². The number of ether oxygens (including phenoxy) is 4. The first-order valence-corrected chi connectivity index (χ1v) is 41.1. The molecule has 0 aromatic carbocycles. The summed E-state index contributed by atoms with van der Waals surface area (Å²) in [5, 5.41) is 10.6. The topological polar surface area (TPSA) is 237 Å². The fourth-order valence-electron chi connectivity index (χ4n) is 9.51.